The molecular formula is C11H17N3O6S. The van der Waals surface area contributed by atoms with Gasteiger partial charge >= 0.3 is 11.9 Å². The van der Waals surface area contributed by atoms with Crippen molar-refractivity contribution in [1.29, 1.82) is 0 Å². The van der Waals surface area contributed by atoms with Gasteiger partial charge in [0.05, 0.1) is 12.8 Å². The zero-order valence-corrected chi connectivity index (χ0v) is 12.5. The van der Waals surface area contributed by atoms with Crippen LogP contribution in [0.3, 0.4) is 0 Å². The Morgan fingerprint density at radius 1 is 1.52 bits per heavy atom. The number of esters is 1. The zero-order valence-electron chi connectivity index (χ0n) is 11.6. The van der Waals surface area contributed by atoms with Crippen LogP contribution >= 0.6 is 0 Å². The summed E-state index contributed by atoms with van der Waals surface area (Å²) in [6.45, 7) is 1.80. The smallest absolute Gasteiger partial charge is 0.321 e. The quantitative estimate of drug-likeness (QED) is 0.618. The molecule has 0 aliphatic carbocycles. The maximum atomic E-state index is 12.0. The molecule has 1 rings (SSSR count). The standard InChI is InChI=1S/C11H17N3O6S/c1-3-20-10(15)5-4-8(11(16)17)13-21(18,19)9-6-7-12-14(9)2/h6-8,13H,3-5H2,1-2H3,(H,16,17)/t8-/m0/s1. The van der Waals surface area contributed by atoms with Gasteiger partial charge in [-0.05, 0) is 19.4 Å². The summed E-state index contributed by atoms with van der Waals surface area (Å²) in [6, 6.07) is -0.179. The minimum Gasteiger partial charge on any atom is -0.480 e. The van der Waals surface area contributed by atoms with Crippen LogP contribution in [0.5, 0.6) is 0 Å². The van der Waals surface area contributed by atoms with Crippen LogP contribution in [0, 0.1) is 0 Å². The minimum absolute atomic E-state index is 0.162. The molecule has 0 fully saturated rings. The summed E-state index contributed by atoms with van der Waals surface area (Å²) < 4.78 is 31.9. The van der Waals surface area contributed by atoms with Gasteiger partial charge in [-0.2, -0.15) is 9.82 Å². The number of rotatable bonds is 8. The Kier molecular flexibility index (Phi) is 5.85. The van der Waals surface area contributed by atoms with Crippen LogP contribution in [0.25, 0.3) is 0 Å². The van der Waals surface area contributed by atoms with E-state index in [0.717, 1.165) is 4.68 Å². The van der Waals surface area contributed by atoms with Crippen LogP contribution < -0.4 is 4.72 Å². The third-order valence-electron chi connectivity index (χ3n) is 2.59. The normalized spacial score (nSPS) is 12.9. The Morgan fingerprint density at radius 2 is 2.19 bits per heavy atom. The number of hydrogen-bond acceptors (Lipinski definition) is 6. The van der Waals surface area contributed by atoms with E-state index in [2.05, 4.69) is 9.84 Å². The molecule has 118 valence electrons. The number of ether oxygens (including phenoxy) is 1. The van der Waals surface area contributed by atoms with Crippen LogP contribution in [0.15, 0.2) is 17.3 Å². The molecule has 0 aliphatic rings. The predicted molar refractivity (Wildman–Crippen MR) is 70.8 cm³/mol. The largest absolute Gasteiger partial charge is 0.480 e. The summed E-state index contributed by atoms with van der Waals surface area (Å²) in [5.74, 6) is -1.95. The fourth-order valence-electron chi connectivity index (χ4n) is 1.60. The summed E-state index contributed by atoms with van der Waals surface area (Å²) >= 11 is 0. The van der Waals surface area contributed by atoms with E-state index in [1.165, 1.54) is 19.3 Å². The van der Waals surface area contributed by atoms with Crippen molar-refractivity contribution in [2.24, 2.45) is 7.05 Å². The number of carboxylic acid groups (broad SMARTS) is 1. The van der Waals surface area contributed by atoms with Gasteiger partial charge in [0.25, 0.3) is 10.0 Å². The highest BCUT2D eigenvalue weighted by atomic mass is 32.2. The second-order valence-electron chi connectivity index (χ2n) is 4.15. The van der Waals surface area contributed by atoms with Gasteiger partial charge in [-0.1, -0.05) is 0 Å². The molecule has 1 atom stereocenters. The molecule has 0 spiro atoms. The number of nitrogens with zero attached hydrogens (tertiary/aromatic N) is 2. The van der Waals surface area contributed by atoms with Crippen molar-refractivity contribution in [2.75, 3.05) is 6.61 Å². The highest BCUT2D eigenvalue weighted by Crippen LogP contribution is 2.09. The summed E-state index contributed by atoms with van der Waals surface area (Å²) in [7, 11) is -2.61. The van der Waals surface area contributed by atoms with Gasteiger partial charge in [0, 0.05) is 13.5 Å². The lowest BCUT2D eigenvalue weighted by atomic mass is 10.2. The number of sulfonamides is 1. The molecule has 0 amide bonds. The van der Waals surface area contributed by atoms with Crippen LogP contribution in [-0.2, 0) is 31.4 Å². The van der Waals surface area contributed by atoms with Gasteiger partial charge in [0.1, 0.15) is 6.04 Å². The lowest BCUT2D eigenvalue weighted by Crippen LogP contribution is -2.41. The molecule has 2 N–H and O–H groups in total. The first-order valence-electron chi connectivity index (χ1n) is 6.16. The van der Waals surface area contributed by atoms with Crippen LogP contribution in [-0.4, -0.2) is 47.9 Å². The third-order valence-corrected chi connectivity index (χ3v) is 4.14. The maximum absolute atomic E-state index is 12.0. The van der Waals surface area contributed by atoms with Gasteiger partial charge in [0.15, 0.2) is 5.03 Å². The minimum atomic E-state index is -4.03. The second kappa shape index (κ2) is 7.18. The highest BCUT2D eigenvalue weighted by molar-refractivity contribution is 7.89. The molecule has 1 aromatic rings. The van der Waals surface area contributed by atoms with Gasteiger partial charge in [-0.3, -0.25) is 14.3 Å². The Bertz CT molecular complexity index is 609. The number of carbonyl (C=O) groups is 2. The summed E-state index contributed by atoms with van der Waals surface area (Å²) in [6.07, 6.45) is 0.882. The van der Waals surface area contributed by atoms with Crippen molar-refractivity contribution in [1.82, 2.24) is 14.5 Å². The van der Waals surface area contributed by atoms with E-state index in [-0.39, 0.29) is 24.5 Å². The van der Waals surface area contributed by atoms with E-state index in [1.807, 2.05) is 4.72 Å². The van der Waals surface area contributed by atoms with Gasteiger partial charge in [-0.15, -0.1) is 0 Å². The SMILES string of the molecule is CCOC(=O)CC[C@H](NS(=O)(=O)c1ccnn1C)C(=O)O. The Hall–Kier alpha value is -1.94. The summed E-state index contributed by atoms with van der Waals surface area (Å²) in [4.78, 5) is 22.3. The fraction of sp³-hybridized carbons (Fsp3) is 0.545. The van der Waals surface area contributed by atoms with E-state index in [9.17, 15) is 18.0 Å². The number of carbonyl (C=O) groups excluding carboxylic acids is 1. The molecule has 9 nitrogen and oxygen atoms in total. The summed E-state index contributed by atoms with van der Waals surface area (Å²) in [5.41, 5.74) is 0. The van der Waals surface area contributed by atoms with Gasteiger partial charge < -0.3 is 9.84 Å². The molecule has 1 heterocycles. The third kappa shape index (κ3) is 4.83. The van der Waals surface area contributed by atoms with Crippen LogP contribution in [0.2, 0.25) is 0 Å². The first-order chi connectivity index (χ1) is 9.77. The van der Waals surface area contributed by atoms with Crippen molar-refractivity contribution in [2.45, 2.75) is 30.8 Å². The second-order valence-corrected chi connectivity index (χ2v) is 5.81. The molecular weight excluding hydrogens is 302 g/mol. The average molecular weight is 319 g/mol. The van der Waals surface area contributed by atoms with E-state index >= 15 is 0 Å². The van der Waals surface area contributed by atoms with Crippen molar-refractivity contribution in [3.05, 3.63) is 12.3 Å². The molecule has 10 heteroatoms. The lowest BCUT2D eigenvalue weighted by Gasteiger charge is -2.14. The Morgan fingerprint density at radius 3 is 2.67 bits per heavy atom. The number of nitrogens with one attached hydrogen (secondary N) is 1. The molecule has 0 aliphatic heterocycles. The molecule has 21 heavy (non-hydrogen) atoms. The average Bonchev–Trinajstić information content (AvgIpc) is 2.81. The Balaban J connectivity index is 2.77. The highest BCUT2D eigenvalue weighted by Gasteiger charge is 2.27. The van der Waals surface area contributed by atoms with Crippen molar-refractivity contribution in [3.8, 4) is 0 Å². The van der Waals surface area contributed by atoms with Crippen LogP contribution in [0.1, 0.15) is 19.8 Å². The molecule has 0 bridgehead atoms. The molecule has 0 radical (unpaired) electrons. The molecule has 0 saturated heterocycles. The fourth-order valence-corrected chi connectivity index (χ4v) is 2.95. The van der Waals surface area contributed by atoms with Crippen LogP contribution in [0.4, 0.5) is 0 Å². The van der Waals surface area contributed by atoms with Crippen molar-refractivity contribution >= 4 is 22.0 Å². The predicted octanol–water partition coefficient (Wildman–Crippen LogP) is -0.505. The first kappa shape index (κ1) is 17.1. The van der Waals surface area contributed by atoms with Gasteiger partial charge in [0.2, 0.25) is 0 Å². The van der Waals surface area contributed by atoms with Crippen molar-refractivity contribution < 1.29 is 27.9 Å². The molecule has 0 saturated carbocycles. The first-order valence-corrected chi connectivity index (χ1v) is 7.65. The number of aliphatic carboxylic acids is 1. The van der Waals surface area contributed by atoms with Crippen molar-refractivity contribution in [3.63, 3.8) is 0 Å². The van der Waals surface area contributed by atoms with E-state index in [0.29, 0.717) is 0 Å². The lowest BCUT2D eigenvalue weighted by molar-refractivity contribution is -0.144. The number of hydrogen-bond donors (Lipinski definition) is 2. The molecule has 0 unspecified atom stereocenters. The van der Waals surface area contributed by atoms with E-state index in [4.69, 9.17) is 5.11 Å². The maximum Gasteiger partial charge on any atom is 0.321 e. The molecule has 1 aromatic heterocycles. The topological polar surface area (TPSA) is 128 Å². The van der Waals surface area contributed by atoms with E-state index < -0.39 is 28.0 Å². The number of aromatic nitrogens is 2. The number of aryl methyl sites for hydroxylation is 1. The van der Waals surface area contributed by atoms with E-state index in [1.54, 1.807) is 6.92 Å². The summed E-state index contributed by atoms with van der Waals surface area (Å²) in [5, 5.41) is 12.6. The van der Waals surface area contributed by atoms with Gasteiger partial charge in [-0.25, -0.2) is 8.42 Å². The Labute approximate surface area is 121 Å². The molecule has 0 aromatic carbocycles. The monoisotopic (exact) mass is 319 g/mol. The number of carboxylic acids is 1. The zero-order chi connectivity index (χ0) is 16.0.